The molecule has 1 N–H and O–H groups in total. The van der Waals surface area contributed by atoms with Crippen LogP contribution >= 0.6 is 11.6 Å². The fraction of sp³-hybridized carbons (Fsp3) is 0.0952. The van der Waals surface area contributed by atoms with E-state index in [0.29, 0.717) is 22.8 Å². The van der Waals surface area contributed by atoms with Gasteiger partial charge in [-0.2, -0.15) is 13.2 Å². The second-order valence-electron chi connectivity index (χ2n) is 6.56. The average Bonchev–Trinajstić information content (AvgIpc) is 3.16. The lowest BCUT2D eigenvalue weighted by Crippen LogP contribution is -2.23. The number of benzene rings is 2. The zero-order valence-corrected chi connectivity index (χ0v) is 16.1. The first-order valence-electron chi connectivity index (χ1n) is 8.86. The summed E-state index contributed by atoms with van der Waals surface area (Å²) >= 11 is 5.85. The van der Waals surface area contributed by atoms with E-state index in [4.69, 9.17) is 11.6 Å². The molecule has 1 amide bonds. The molecule has 0 aliphatic carbocycles. The molecule has 2 aromatic carbocycles. The largest absolute Gasteiger partial charge is 0.416 e. The summed E-state index contributed by atoms with van der Waals surface area (Å²) in [5.74, 6) is -0.126. The van der Waals surface area contributed by atoms with Gasteiger partial charge in [-0.15, -0.1) is 10.2 Å². The number of rotatable bonds is 4. The molecule has 0 spiro atoms. The van der Waals surface area contributed by atoms with Gasteiger partial charge in [-0.1, -0.05) is 35.9 Å². The van der Waals surface area contributed by atoms with Crippen LogP contribution in [0.2, 0.25) is 5.02 Å². The van der Waals surface area contributed by atoms with Crippen molar-refractivity contribution in [1.82, 2.24) is 19.9 Å². The summed E-state index contributed by atoms with van der Waals surface area (Å²) in [4.78, 5) is 12.5. The fourth-order valence-corrected chi connectivity index (χ4v) is 3.07. The normalized spacial score (nSPS) is 11.6. The minimum atomic E-state index is -4.47. The van der Waals surface area contributed by atoms with Crippen molar-refractivity contribution in [2.75, 3.05) is 0 Å². The first-order chi connectivity index (χ1) is 14.3. The lowest BCUT2D eigenvalue weighted by molar-refractivity contribution is -0.137. The Kier molecular flexibility index (Phi) is 5.17. The summed E-state index contributed by atoms with van der Waals surface area (Å²) in [5, 5.41) is 11.4. The first-order valence-corrected chi connectivity index (χ1v) is 9.24. The molecule has 2 aromatic heterocycles. The predicted octanol–water partition coefficient (Wildman–Crippen LogP) is 5.00. The lowest BCUT2D eigenvalue weighted by Gasteiger charge is -2.09. The van der Waals surface area contributed by atoms with Gasteiger partial charge in [-0.05, 0) is 42.0 Å². The molecule has 9 heteroatoms. The number of nitrogens with zero attached hydrogens (tertiary/aromatic N) is 3. The lowest BCUT2D eigenvalue weighted by atomic mass is 10.1. The summed E-state index contributed by atoms with van der Waals surface area (Å²) in [6, 6.07) is 15.0. The van der Waals surface area contributed by atoms with Gasteiger partial charge < -0.3 is 5.32 Å². The van der Waals surface area contributed by atoms with Gasteiger partial charge in [0.15, 0.2) is 11.5 Å². The second-order valence-corrected chi connectivity index (χ2v) is 6.99. The van der Waals surface area contributed by atoms with Crippen molar-refractivity contribution in [3.05, 3.63) is 88.6 Å². The van der Waals surface area contributed by atoms with Crippen LogP contribution < -0.4 is 5.32 Å². The van der Waals surface area contributed by atoms with E-state index in [9.17, 15) is 18.0 Å². The Morgan fingerprint density at radius 1 is 1.03 bits per heavy atom. The molecule has 2 heterocycles. The number of amides is 1. The summed E-state index contributed by atoms with van der Waals surface area (Å²) < 4.78 is 40.6. The van der Waals surface area contributed by atoms with E-state index >= 15 is 0 Å². The van der Waals surface area contributed by atoms with E-state index in [0.717, 1.165) is 17.7 Å². The molecular weight excluding hydrogens is 417 g/mol. The van der Waals surface area contributed by atoms with Gasteiger partial charge in [0.25, 0.3) is 5.91 Å². The molecule has 0 saturated heterocycles. The topological polar surface area (TPSA) is 59.3 Å². The summed E-state index contributed by atoms with van der Waals surface area (Å²) in [6.07, 6.45) is -2.97. The maximum absolute atomic E-state index is 13.0. The summed E-state index contributed by atoms with van der Waals surface area (Å²) in [6.45, 7) is 0.302. The monoisotopic (exact) mass is 430 g/mol. The molecule has 0 bridgehead atoms. The number of hydrogen-bond donors (Lipinski definition) is 1. The third kappa shape index (κ3) is 4.13. The van der Waals surface area contributed by atoms with Gasteiger partial charge in [0.1, 0.15) is 0 Å². The summed E-state index contributed by atoms with van der Waals surface area (Å²) in [5.41, 5.74) is 1.08. The van der Waals surface area contributed by atoms with Crippen LogP contribution in [0.5, 0.6) is 0 Å². The molecule has 0 aliphatic heterocycles. The molecule has 0 aliphatic rings. The van der Waals surface area contributed by atoms with Crippen molar-refractivity contribution in [2.24, 2.45) is 0 Å². The molecule has 0 fully saturated rings. The Labute approximate surface area is 174 Å². The van der Waals surface area contributed by atoms with E-state index in [1.165, 1.54) is 22.7 Å². The van der Waals surface area contributed by atoms with E-state index in [1.54, 1.807) is 36.4 Å². The molecule has 0 atom stereocenters. The van der Waals surface area contributed by atoms with E-state index < -0.39 is 11.7 Å². The highest BCUT2D eigenvalue weighted by molar-refractivity contribution is 6.30. The zero-order valence-electron chi connectivity index (χ0n) is 15.3. The van der Waals surface area contributed by atoms with E-state index in [1.807, 2.05) is 0 Å². The standard InChI is InChI=1S/C21H14ClF3N4O/c22-17-7-4-13(5-8-17)11-26-20(30)15-6-9-18-27-28-19(29(18)12-15)14-2-1-3-16(10-14)21(23,24)25/h1-10,12H,11H2,(H,26,30). The number of alkyl halides is 3. The molecule has 0 saturated carbocycles. The van der Waals surface area contributed by atoms with Crippen LogP contribution in [0.25, 0.3) is 17.0 Å². The maximum Gasteiger partial charge on any atom is 0.416 e. The van der Waals surface area contributed by atoms with Gasteiger partial charge >= 0.3 is 6.18 Å². The number of fused-ring (bicyclic) bond motifs is 1. The van der Waals surface area contributed by atoms with Gasteiger partial charge in [0.2, 0.25) is 0 Å². The number of halogens is 4. The maximum atomic E-state index is 13.0. The summed E-state index contributed by atoms with van der Waals surface area (Å²) in [7, 11) is 0. The van der Waals surface area contributed by atoms with Gasteiger partial charge in [0, 0.05) is 23.3 Å². The molecule has 152 valence electrons. The third-order valence-corrected chi connectivity index (χ3v) is 4.73. The predicted molar refractivity (Wildman–Crippen MR) is 106 cm³/mol. The molecule has 0 radical (unpaired) electrons. The Morgan fingerprint density at radius 3 is 2.53 bits per heavy atom. The van der Waals surface area contributed by atoms with Crippen LogP contribution in [0.15, 0.2) is 66.9 Å². The third-order valence-electron chi connectivity index (χ3n) is 4.48. The Bertz CT molecular complexity index is 1220. The zero-order chi connectivity index (χ0) is 21.3. The van der Waals surface area contributed by atoms with Crippen LogP contribution in [0, 0.1) is 0 Å². The Balaban J connectivity index is 1.61. The average molecular weight is 431 g/mol. The van der Waals surface area contributed by atoms with Gasteiger partial charge in [-0.3, -0.25) is 9.20 Å². The van der Waals surface area contributed by atoms with Crippen LogP contribution in [0.1, 0.15) is 21.5 Å². The molecule has 5 nitrogen and oxygen atoms in total. The van der Waals surface area contributed by atoms with Crippen molar-refractivity contribution in [3.8, 4) is 11.4 Å². The molecule has 4 aromatic rings. The van der Waals surface area contributed by atoms with Crippen LogP contribution in [-0.2, 0) is 12.7 Å². The second kappa shape index (κ2) is 7.79. The fourth-order valence-electron chi connectivity index (χ4n) is 2.94. The molecule has 30 heavy (non-hydrogen) atoms. The number of carbonyl (C=O) groups is 1. The van der Waals surface area contributed by atoms with Crippen molar-refractivity contribution in [3.63, 3.8) is 0 Å². The van der Waals surface area contributed by atoms with Crippen LogP contribution in [0.4, 0.5) is 13.2 Å². The molecular formula is C21H14ClF3N4O. The SMILES string of the molecule is O=C(NCc1ccc(Cl)cc1)c1ccc2nnc(-c3cccc(C(F)(F)F)c3)n2c1. The van der Waals surface area contributed by atoms with Gasteiger partial charge in [-0.25, -0.2) is 0 Å². The van der Waals surface area contributed by atoms with Crippen molar-refractivity contribution in [2.45, 2.75) is 12.7 Å². The quantitative estimate of drug-likeness (QED) is 0.495. The van der Waals surface area contributed by atoms with Gasteiger partial charge in [0.05, 0.1) is 11.1 Å². The highest BCUT2D eigenvalue weighted by Gasteiger charge is 2.30. The molecule has 0 unspecified atom stereocenters. The van der Waals surface area contributed by atoms with Crippen LogP contribution in [-0.4, -0.2) is 20.5 Å². The van der Waals surface area contributed by atoms with Crippen molar-refractivity contribution < 1.29 is 18.0 Å². The number of nitrogens with one attached hydrogen (secondary N) is 1. The van der Waals surface area contributed by atoms with Crippen molar-refractivity contribution in [1.29, 1.82) is 0 Å². The van der Waals surface area contributed by atoms with Crippen molar-refractivity contribution >= 4 is 23.2 Å². The van der Waals surface area contributed by atoms with E-state index in [-0.39, 0.29) is 17.3 Å². The number of aromatic nitrogens is 3. The molecule has 4 rings (SSSR count). The first kappa shape index (κ1) is 19.9. The highest BCUT2D eigenvalue weighted by Crippen LogP contribution is 2.31. The number of hydrogen-bond acceptors (Lipinski definition) is 3. The minimum absolute atomic E-state index is 0.212. The smallest absolute Gasteiger partial charge is 0.348 e. The number of carbonyl (C=O) groups excluding carboxylic acids is 1. The van der Waals surface area contributed by atoms with Crippen LogP contribution in [0.3, 0.4) is 0 Å². The number of pyridine rings is 1. The highest BCUT2D eigenvalue weighted by atomic mass is 35.5. The Hall–Kier alpha value is -3.39. The van der Waals surface area contributed by atoms with E-state index in [2.05, 4.69) is 15.5 Å². The Morgan fingerprint density at radius 2 is 1.80 bits per heavy atom. The minimum Gasteiger partial charge on any atom is -0.348 e.